The van der Waals surface area contributed by atoms with Gasteiger partial charge in [-0.05, 0) is 46.1 Å². The number of hydrogen-bond acceptors (Lipinski definition) is 6. The van der Waals surface area contributed by atoms with E-state index in [0.717, 1.165) is 42.0 Å². The third kappa shape index (κ3) is 3.18. The lowest BCUT2D eigenvalue weighted by atomic mass is 10.1. The molecular weight excluding hydrogens is 342 g/mol. The van der Waals surface area contributed by atoms with Gasteiger partial charge in [-0.2, -0.15) is 5.10 Å². The third-order valence-corrected chi connectivity index (χ3v) is 5.28. The second-order valence-electron chi connectivity index (χ2n) is 8.30. The fourth-order valence-electron chi connectivity index (χ4n) is 3.75. The van der Waals surface area contributed by atoms with E-state index in [2.05, 4.69) is 45.4 Å². The molecule has 0 radical (unpaired) electrons. The molecular formula is C19H27N7O. The quantitative estimate of drug-likeness (QED) is 0.732. The Morgan fingerprint density at radius 1 is 1.30 bits per heavy atom. The van der Waals surface area contributed by atoms with Crippen LogP contribution in [0.1, 0.15) is 50.7 Å². The van der Waals surface area contributed by atoms with Gasteiger partial charge in [0.2, 0.25) is 0 Å². The number of anilines is 1. The van der Waals surface area contributed by atoms with Gasteiger partial charge in [0, 0.05) is 24.2 Å². The molecule has 1 fully saturated rings. The number of aromatic nitrogens is 6. The van der Waals surface area contributed by atoms with Gasteiger partial charge in [0.15, 0.2) is 11.5 Å². The van der Waals surface area contributed by atoms with Gasteiger partial charge >= 0.3 is 0 Å². The van der Waals surface area contributed by atoms with Crippen LogP contribution in [0.25, 0.3) is 11.2 Å². The fourth-order valence-corrected chi connectivity index (χ4v) is 3.75. The molecule has 1 atom stereocenters. The Kier molecular flexibility index (Phi) is 4.38. The molecule has 3 aromatic heterocycles. The molecule has 0 bridgehead atoms. The molecule has 1 saturated heterocycles. The first-order valence-electron chi connectivity index (χ1n) is 9.49. The van der Waals surface area contributed by atoms with Crippen molar-refractivity contribution < 1.29 is 5.11 Å². The average molecular weight is 369 g/mol. The van der Waals surface area contributed by atoms with Crippen LogP contribution in [0.3, 0.4) is 0 Å². The van der Waals surface area contributed by atoms with E-state index >= 15 is 0 Å². The number of imidazole rings is 1. The van der Waals surface area contributed by atoms with E-state index in [-0.39, 0.29) is 18.2 Å². The number of aliphatic hydroxyl groups is 1. The normalized spacial score (nSPS) is 18.0. The van der Waals surface area contributed by atoms with E-state index in [1.54, 1.807) is 0 Å². The first kappa shape index (κ1) is 17.9. The van der Waals surface area contributed by atoms with Crippen molar-refractivity contribution in [3.63, 3.8) is 0 Å². The summed E-state index contributed by atoms with van der Waals surface area (Å²) in [6.45, 7) is 9.47. The number of aryl methyl sites for hydroxylation is 1. The maximum absolute atomic E-state index is 9.84. The molecule has 27 heavy (non-hydrogen) atoms. The van der Waals surface area contributed by atoms with Gasteiger partial charge < -0.3 is 14.6 Å². The van der Waals surface area contributed by atoms with Crippen molar-refractivity contribution >= 4 is 17.0 Å². The highest BCUT2D eigenvalue weighted by Crippen LogP contribution is 2.33. The van der Waals surface area contributed by atoms with Gasteiger partial charge in [-0.1, -0.05) is 0 Å². The summed E-state index contributed by atoms with van der Waals surface area (Å²) in [5, 5.41) is 17.0. The van der Waals surface area contributed by atoms with Crippen molar-refractivity contribution in [2.24, 2.45) is 0 Å². The first-order chi connectivity index (χ1) is 12.9. The standard InChI is InChI=1S/C19H27N7O/c1-12-9-21-24-14(12)8-15-22-17-16(26(11-20-17)19(2,3)4)18(23-15)25-7-5-6-13(25)10-27/h9,11,13,27H,5-8,10H2,1-4H3,(H,21,24)/t13-/m1/s1. The summed E-state index contributed by atoms with van der Waals surface area (Å²) in [7, 11) is 0. The Balaban J connectivity index is 1.87. The van der Waals surface area contributed by atoms with Crippen LogP contribution in [0.15, 0.2) is 12.5 Å². The SMILES string of the molecule is Cc1cn[nH]c1Cc1nc(N2CCC[C@@H]2CO)c2c(ncn2C(C)(C)C)n1. The Morgan fingerprint density at radius 2 is 2.11 bits per heavy atom. The molecule has 0 saturated carbocycles. The van der Waals surface area contributed by atoms with Crippen LogP contribution < -0.4 is 4.90 Å². The number of nitrogens with zero attached hydrogens (tertiary/aromatic N) is 6. The molecule has 4 rings (SSSR count). The molecule has 2 N–H and O–H groups in total. The van der Waals surface area contributed by atoms with Crippen LogP contribution in [0.4, 0.5) is 5.82 Å². The molecule has 0 spiro atoms. The molecule has 0 unspecified atom stereocenters. The molecule has 0 amide bonds. The van der Waals surface area contributed by atoms with Gasteiger partial charge in [0.05, 0.1) is 25.2 Å². The lowest BCUT2D eigenvalue weighted by molar-refractivity contribution is 0.266. The minimum Gasteiger partial charge on any atom is -0.394 e. The molecule has 1 aliphatic heterocycles. The second-order valence-corrected chi connectivity index (χ2v) is 8.30. The van der Waals surface area contributed by atoms with E-state index < -0.39 is 0 Å². The summed E-state index contributed by atoms with van der Waals surface area (Å²) in [6.07, 6.45) is 6.26. The molecule has 1 aliphatic rings. The number of nitrogens with one attached hydrogen (secondary N) is 1. The van der Waals surface area contributed by atoms with Crippen molar-refractivity contribution in [3.05, 3.63) is 29.6 Å². The predicted octanol–water partition coefficient (Wildman–Crippen LogP) is 2.16. The van der Waals surface area contributed by atoms with Crippen LogP contribution in [-0.2, 0) is 12.0 Å². The van der Waals surface area contributed by atoms with Crippen LogP contribution in [0.5, 0.6) is 0 Å². The van der Waals surface area contributed by atoms with E-state index in [1.165, 1.54) is 0 Å². The zero-order valence-electron chi connectivity index (χ0n) is 16.4. The number of aromatic amines is 1. The van der Waals surface area contributed by atoms with Crippen LogP contribution in [0, 0.1) is 6.92 Å². The zero-order chi connectivity index (χ0) is 19.2. The van der Waals surface area contributed by atoms with Gasteiger partial charge in [0.25, 0.3) is 0 Å². The lowest BCUT2D eigenvalue weighted by Gasteiger charge is -2.28. The van der Waals surface area contributed by atoms with E-state index in [0.29, 0.717) is 17.9 Å². The minimum atomic E-state index is -0.136. The number of hydrogen-bond donors (Lipinski definition) is 2. The largest absolute Gasteiger partial charge is 0.394 e. The topological polar surface area (TPSA) is 95.8 Å². The Labute approximate surface area is 158 Å². The average Bonchev–Trinajstić information content (AvgIpc) is 3.33. The molecule has 144 valence electrons. The smallest absolute Gasteiger partial charge is 0.183 e. The second kappa shape index (κ2) is 6.60. The van der Waals surface area contributed by atoms with E-state index in [9.17, 15) is 5.11 Å². The highest BCUT2D eigenvalue weighted by molar-refractivity contribution is 5.84. The molecule has 0 aromatic carbocycles. The lowest BCUT2D eigenvalue weighted by Crippen LogP contribution is -2.34. The fraction of sp³-hybridized carbons (Fsp3) is 0.579. The maximum atomic E-state index is 9.84. The molecule has 8 nitrogen and oxygen atoms in total. The third-order valence-electron chi connectivity index (χ3n) is 5.28. The molecule has 8 heteroatoms. The monoisotopic (exact) mass is 369 g/mol. The first-order valence-corrected chi connectivity index (χ1v) is 9.49. The Hall–Kier alpha value is -2.48. The molecule has 4 heterocycles. The summed E-state index contributed by atoms with van der Waals surface area (Å²) in [5.74, 6) is 1.59. The number of fused-ring (bicyclic) bond motifs is 1. The molecule has 0 aliphatic carbocycles. The van der Waals surface area contributed by atoms with Crippen molar-refractivity contribution in [2.75, 3.05) is 18.1 Å². The summed E-state index contributed by atoms with van der Waals surface area (Å²) >= 11 is 0. The van der Waals surface area contributed by atoms with E-state index in [4.69, 9.17) is 9.97 Å². The highest BCUT2D eigenvalue weighted by atomic mass is 16.3. The van der Waals surface area contributed by atoms with Crippen molar-refractivity contribution in [1.29, 1.82) is 0 Å². The van der Waals surface area contributed by atoms with Gasteiger partial charge in [-0.15, -0.1) is 0 Å². The van der Waals surface area contributed by atoms with Gasteiger partial charge in [-0.3, -0.25) is 5.10 Å². The highest BCUT2D eigenvalue weighted by Gasteiger charge is 2.30. The van der Waals surface area contributed by atoms with Crippen LogP contribution >= 0.6 is 0 Å². The zero-order valence-corrected chi connectivity index (χ0v) is 16.4. The van der Waals surface area contributed by atoms with Crippen molar-refractivity contribution in [2.45, 2.75) is 58.5 Å². The Morgan fingerprint density at radius 3 is 2.78 bits per heavy atom. The van der Waals surface area contributed by atoms with E-state index in [1.807, 2.05) is 19.4 Å². The molecule has 3 aromatic rings. The summed E-state index contributed by atoms with van der Waals surface area (Å²) in [5.41, 5.74) is 3.60. The van der Waals surface area contributed by atoms with Crippen molar-refractivity contribution in [1.82, 2.24) is 29.7 Å². The summed E-state index contributed by atoms with van der Waals surface area (Å²) < 4.78 is 2.13. The minimum absolute atomic E-state index is 0.0909. The summed E-state index contributed by atoms with van der Waals surface area (Å²) in [4.78, 5) is 16.5. The van der Waals surface area contributed by atoms with Gasteiger partial charge in [-0.25, -0.2) is 15.0 Å². The number of aliphatic hydroxyl groups excluding tert-OH is 1. The maximum Gasteiger partial charge on any atom is 0.183 e. The number of rotatable bonds is 4. The van der Waals surface area contributed by atoms with Crippen molar-refractivity contribution in [3.8, 4) is 0 Å². The Bertz CT molecular complexity index is 953. The summed E-state index contributed by atoms with van der Waals surface area (Å²) in [6, 6.07) is 0.0909. The predicted molar refractivity (Wildman–Crippen MR) is 104 cm³/mol. The van der Waals surface area contributed by atoms with Gasteiger partial charge in [0.1, 0.15) is 11.3 Å². The number of H-pyrrole nitrogens is 1. The van der Waals surface area contributed by atoms with Crippen LogP contribution in [0.2, 0.25) is 0 Å². The van der Waals surface area contributed by atoms with Crippen LogP contribution in [-0.4, -0.2) is 54.0 Å².